The largest absolute Gasteiger partial charge is 0.508 e. The van der Waals surface area contributed by atoms with Crippen LogP contribution < -0.4 is 4.90 Å². The van der Waals surface area contributed by atoms with E-state index in [0.717, 1.165) is 40.7 Å². The molecule has 27 heavy (non-hydrogen) atoms. The van der Waals surface area contributed by atoms with Gasteiger partial charge in [0.1, 0.15) is 5.75 Å². The third-order valence-corrected chi connectivity index (χ3v) is 4.91. The van der Waals surface area contributed by atoms with Crippen LogP contribution in [-0.4, -0.2) is 44.5 Å². The highest BCUT2D eigenvalue weighted by atomic mass is 16.5. The van der Waals surface area contributed by atoms with E-state index in [9.17, 15) is 9.90 Å². The highest BCUT2D eigenvalue weighted by Crippen LogP contribution is 2.35. The normalized spacial score (nSPS) is 14.3. The number of fused-ring (bicyclic) bond motifs is 1. The molecule has 5 nitrogen and oxygen atoms in total. The third-order valence-electron chi connectivity index (χ3n) is 4.91. The van der Waals surface area contributed by atoms with E-state index >= 15 is 0 Å². The Hall–Kier alpha value is -3.05. The van der Waals surface area contributed by atoms with Gasteiger partial charge in [-0.25, -0.2) is 4.79 Å². The Kier molecular flexibility index (Phi) is 4.69. The Morgan fingerprint density at radius 1 is 1.00 bits per heavy atom. The Bertz CT molecular complexity index is 993. The first-order chi connectivity index (χ1) is 13.2. The van der Waals surface area contributed by atoms with Crippen molar-refractivity contribution in [3.63, 3.8) is 0 Å². The number of benzene rings is 3. The van der Waals surface area contributed by atoms with Crippen LogP contribution in [0.2, 0.25) is 0 Å². The second-order valence-corrected chi connectivity index (χ2v) is 6.57. The average Bonchev–Trinajstić information content (AvgIpc) is 2.73. The number of nitrogens with zero attached hydrogens (tertiary/aromatic N) is 1. The number of carbonyl (C=O) groups is 1. The van der Waals surface area contributed by atoms with Crippen LogP contribution in [0, 0.1) is 0 Å². The van der Waals surface area contributed by atoms with Crippen molar-refractivity contribution in [2.75, 3.05) is 38.3 Å². The van der Waals surface area contributed by atoms with Crippen LogP contribution in [0.4, 0.5) is 5.69 Å². The lowest BCUT2D eigenvalue weighted by Crippen LogP contribution is -2.36. The molecular formula is C22H21NO4. The van der Waals surface area contributed by atoms with E-state index in [1.165, 1.54) is 7.11 Å². The molecular weight excluding hydrogens is 342 g/mol. The number of ether oxygens (including phenoxy) is 2. The van der Waals surface area contributed by atoms with Gasteiger partial charge in [0.05, 0.1) is 25.9 Å². The third kappa shape index (κ3) is 3.46. The van der Waals surface area contributed by atoms with Crippen molar-refractivity contribution in [2.24, 2.45) is 0 Å². The topological polar surface area (TPSA) is 59.0 Å². The van der Waals surface area contributed by atoms with Gasteiger partial charge in [0.2, 0.25) is 0 Å². The highest BCUT2D eigenvalue weighted by molar-refractivity contribution is 5.95. The van der Waals surface area contributed by atoms with Crippen LogP contribution in [0.25, 0.3) is 21.9 Å². The van der Waals surface area contributed by atoms with Crippen molar-refractivity contribution in [3.8, 4) is 16.9 Å². The van der Waals surface area contributed by atoms with Gasteiger partial charge in [0.15, 0.2) is 0 Å². The van der Waals surface area contributed by atoms with Gasteiger partial charge >= 0.3 is 5.97 Å². The lowest BCUT2D eigenvalue weighted by atomic mass is 9.97. The smallest absolute Gasteiger partial charge is 0.337 e. The summed E-state index contributed by atoms with van der Waals surface area (Å²) in [6.45, 7) is 2.88. The van der Waals surface area contributed by atoms with Gasteiger partial charge in [-0.15, -0.1) is 0 Å². The van der Waals surface area contributed by atoms with Gasteiger partial charge in [-0.05, 0) is 46.7 Å². The van der Waals surface area contributed by atoms with Crippen molar-refractivity contribution in [1.29, 1.82) is 0 Å². The van der Waals surface area contributed by atoms with E-state index in [-0.39, 0.29) is 11.7 Å². The molecule has 1 aliphatic heterocycles. The van der Waals surface area contributed by atoms with Crippen molar-refractivity contribution < 1.29 is 19.4 Å². The fraction of sp³-hybridized carbons (Fsp3) is 0.227. The number of hydrogen-bond acceptors (Lipinski definition) is 5. The molecule has 0 amide bonds. The van der Waals surface area contributed by atoms with Gasteiger partial charge < -0.3 is 19.5 Å². The molecule has 0 unspecified atom stereocenters. The second kappa shape index (κ2) is 7.29. The molecule has 0 aromatic heterocycles. The predicted octanol–water partition coefficient (Wildman–Crippen LogP) is 3.84. The Balaban J connectivity index is 1.83. The van der Waals surface area contributed by atoms with Gasteiger partial charge in [0.25, 0.3) is 0 Å². The first kappa shape index (κ1) is 17.4. The number of aromatic hydroxyl groups is 1. The van der Waals surface area contributed by atoms with E-state index in [0.29, 0.717) is 18.8 Å². The number of phenols is 1. The van der Waals surface area contributed by atoms with Crippen LogP contribution in [0.1, 0.15) is 10.4 Å². The number of hydrogen-bond donors (Lipinski definition) is 1. The summed E-state index contributed by atoms with van der Waals surface area (Å²) >= 11 is 0. The molecule has 3 aromatic rings. The molecule has 3 aromatic carbocycles. The number of carbonyl (C=O) groups excluding carboxylic acids is 1. The van der Waals surface area contributed by atoms with E-state index in [4.69, 9.17) is 9.47 Å². The number of morpholine rings is 1. The zero-order chi connectivity index (χ0) is 18.8. The molecule has 0 saturated carbocycles. The summed E-state index contributed by atoms with van der Waals surface area (Å²) in [4.78, 5) is 14.3. The Morgan fingerprint density at radius 3 is 2.52 bits per heavy atom. The molecule has 1 aliphatic rings. The highest BCUT2D eigenvalue weighted by Gasteiger charge is 2.18. The van der Waals surface area contributed by atoms with Gasteiger partial charge in [-0.3, -0.25) is 0 Å². The average molecular weight is 363 g/mol. The van der Waals surface area contributed by atoms with Gasteiger partial charge in [0, 0.05) is 24.3 Å². The zero-order valence-electron chi connectivity index (χ0n) is 15.1. The van der Waals surface area contributed by atoms with Crippen LogP contribution >= 0.6 is 0 Å². The number of rotatable bonds is 3. The lowest BCUT2D eigenvalue weighted by Gasteiger charge is -2.31. The molecule has 1 heterocycles. The van der Waals surface area contributed by atoms with E-state index in [1.54, 1.807) is 18.2 Å². The quantitative estimate of drug-likeness (QED) is 0.717. The molecule has 0 aliphatic carbocycles. The summed E-state index contributed by atoms with van der Waals surface area (Å²) in [6, 6.07) is 17.2. The van der Waals surface area contributed by atoms with Crippen LogP contribution in [-0.2, 0) is 9.47 Å². The Morgan fingerprint density at radius 2 is 1.74 bits per heavy atom. The molecule has 4 rings (SSSR count). The van der Waals surface area contributed by atoms with Crippen molar-refractivity contribution in [2.45, 2.75) is 0 Å². The number of phenolic OH excluding ortho intramolecular Hbond substituents is 1. The summed E-state index contributed by atoms with van der Waals surface area (Å²) in [6.07, 6.45) is 0. The molecule has 0 spiro atoms. The van der Waals surface area contributed by atoms with Gasteiger partial charge in [-0.2, -0.15) is 0 Å². The summed E-state index contributed by atoms with van der Waals surface area (Å²) in [5, 5.41) is 11.7. The zero-order valence-corrected chi connectivity index (χ0v) is 15.1. The molecule has 0 bridgehead atoms. The molecule has 0 atom stereocenters. The summed E-state index contributed by atoms with van der Waals surface area (Å²) in [5.41, 5.74) is 3.65. The van der Waals surface area contributed by atoms with Crippen molar-refractivity contribution in [3.05, 3.63) is 60.2 Å². The standard InChI is InChI=1S/C22H21NO4/c1-26-22(25)18-5-7-20(21(14-18)23-8-10-27-11-9-23)17-3-2-16-13-19(24)6-4-15(16)12-17/h2-7,12-14,24H,8-11H2,1H3. The van der Waals surface area contributed by atoms with Crippen LogP contribution in [0.3, 0.4) is 0 Å². The number of anilines is 1. The molecule has 138 valence electrons. The minimum absolute atomic E-state index is 0.256. The molecule has 1 fully saturated rings. The Labute approximate surface area is 157 Å². The van der Waals surface area contributed by atoms with E-state index < -0.39 is 0 Å². The number of methoxy groups -OCH3 is 1. The minimum atomic E-state index is -0.343. The van der Waals surface area contributed by atoms with Crippen LogP contribution in [0.5, 0.6) is 5.75 Å². The minimum Gasteiger partial charge on any atom is -0.508 e. The maximum Gasteiger partial charge on any atom is 0.337 e. The fourth-order valence-electron chi connectivity index (χ4n) is 3.49. The fourth-order valence-corrected chi connectivity index (χ4v) is 3.49. The molecule has 1 N–H and O–H groups in total. The lowest BCUT2D eigenvalue weighted by molar-refractivity contribution is 0.0601. The summed E-state index contributed by atoms with van der Waals surface area (Å²) in [7, 11) is 1.39. The monoisotopic (exact) mass is 363 g/mol. The molecule has 5 heteroatoms. The molecule has 0 radical (unpaired) electrons. The first-order valence-electron chi connectivity index (χ1n) is 8.94. The number of esters is 1. The summed E-state index contributed by atoms with van der Waals surface area (Å²) < 4.78 is 10.4. The SMILES string of the molecule is COC(=O)c1ccc(-c2ccc3cc(O)ccc3c2)c(N2CCOCC2)c1. The van der Waals surface area contributed by atoms with E-state index in [2.05, 4.69) is 11.0 Å². The summed E-state index contributed by atoms with van der Waals surface area (Å²) in [5.74, 6) is -0.0864. The second-order valence-electron chi connectivity index (χ2n) is 6.57. The maximum atomic E-state index is 12.0. The predicted molar refractivity (Wildman–Crippen MR) is 105 cm³/mol. The van der Waals surface area contributed by atoms with Gasteiger partial charge in [-0.1, -0.05) is 24.3 Å². The van der Waals surface area contributed by atoms with Crippen LogP contribution in [0.15, 0.2) is 54.6 Å². The molecule has 1 saturated heterocycles. The van der Waals surface area contributed by atoms with Crippen molar-refractivity contribution in [1.82, 2.24) is 0 Å². The first-order valence-corrected chi connectivity index (χ1v) is 8.94. The van der Waals surface area contributed by atoms with E-state index in [1.807, 2.05) is 30.3 Å². The maximum absolute atomic E-state index is 12.0. The van der Waals surface area contributed by atoms with Crippen molar-refractivity contribution >= 4 is 22.4 Å².